The van der Waals surface area contributed by atoms with Crippen LogP contribution in [-0.4, -0.2) is 38.5 Å². The molecule has 1 aromatic carbocycles. The van der Waals surface area contributed by atoms with Gasteiger partial charge in [0.2, 0.25) is 5.91 Å². The van der Waals surface area contributed by atoms with Crippen LogP contribution in [0.5, 0.6) is 0 Å². The lowest BCUT2D eigenvalue weighted by Crippen LogP contribution is -2.24. The Morgan fingerprint density at radius 3 is 2.88 bits per heavy atom. The van der Waals surface area contributed by atoms with E-state index < -0.39 is 5.25 Å². The number of thioether (sulfide) groups is 1. The van der Waals surface area contributed by atoms with Gasteiger partial charge in [-0.05, 0) is 56.7 Å². The van der Waals surface area contributed by atoms with Gasteiger partial charge in [-0.25, -0.2) is 4.79 Å². The van der Waals surface area contributed by atoms with Crippen molar-refractivity contribution in [2.75, 3.05) is 11.9 Å². The number of thiophene rings is 1. The first-order chi connectivity index (χ1) is 15.5. The number of aromatic nitrogens is 3. The summed E-state index contributed by atoms with van der Waals surface area (Å²) in [7, 11) is 0. The highest BCUT2D eigenvalue weighted by Crippen LogP contribution is 2.40. The number of carbonyl (C=O) groups excluding carboxylic acids is 2. The lowest BCUT2D eigenvalue weighted by Gasteiger charge is -2.18. The summed E-state index contributed by atoms with van der Waals surface area (Å²) < 4.78 is 7.15. The number of fused-ring (bicyclic) bond motifs is 1. The SMILES string of the molecule is CCOC(=O)c1c(NC(=O)C(C)Sc2nncn2-c2ccccc2)sc2c1CCC(C)C2. The van der Waals surface area contributed by atoms with E-state index in [0.717, 1.165) is 30.5 Å². The number of nitrogens with zero attached hydrogens (tertiary/aromatic N) is 3. The maximum absolute atomic E-state index is 13.1. The molecule has 2 heterocycles. The van der Waals surface area contributed by atoms with Crippen LogP contribution in [0.2, 0.25) is 0 Å². The number of ether oxygens (including phenoxy) is 1. The van der Waals surface area contributed by atoms with Gasteiger partial charge in [-0.2, -0.15) is 0 Å². The second-order valence-corrected chi connectivity index (χ2v) is 10.3. The number of carbonyl (C=O) groups is 2. The van der Waals surface area contributed by atoms with Crippen LogP contribution in [0.4, 0.5) is 5.00 Å². The quantitative estimate of drug-likeness (QED) is 0.396. The third-order valence-corrected chi connectivity index (χ3v) is 7.66. The summed E-state index contributed by atoms with van der Waals surface area (Å²) in [5.74, 6) is 0.0207. The lowest BCUT2D eigenvalue weighted by atomic mass is 9.88. The number of esters is 1. The van der Waals surface area contributed by atoms with Crippen molar-refractivity contribution in [3.8, 4) is 5.69 Å². The second-order valence-electron chi connectivity index (χ2n) is 7.84. The Kier molecular flexibility index (Phi) is 6.95. The van der Waals surface area contributed by atoms with Gasteiger partial charge >= 0.3 is 5.97 Å². The van der Waals surface area contributed by atoms with E-state index in [9.17, 15) is 9.59 Å². The van der Waals surface area contributed by atoms with E-state index in [2.05, 4.69) is 22.4 Å². The highest BCUT2D eigenvalue weighted by molar-refractivity contribution is 8.00. The van der Waals surface area contributed by atoms with Crippen molar-refractivity contribution in [3.63, 3.8) is 0 Å². The van der Waals surface area contributed by atoms with E-state index in [0.29, 0.717) is 28.2 Å². The Morgan fingerprint density at radius 2 is 2.12 bits per heavy atom. The topological polar surface area (TPSA) is 86.1 Å². The van der Waals surface area contributed by atoms with Crippen LogP contribution >= 0.6 is 23.1 Å². The molecule has 1 aliphatic rings. The number of amides is 1. The molecule has 1 amide bonds. The molecule has 0 spiro atoms. The van der Waals surface area contributed by atoms with Crippen LogP contribution in [0.3, 0.4) is 0 Å². The Hall–Kier alpha value is -2.65. The van der Waals surface area contributed by atoms with Gasteiger partial charge in [0.1, 0.15) is 11.3 Å². The molecule has 9 heteroatoms. The zero-order valence-corrected chi connectivity index (χ0v) is 20.0. The van der Waals surface area contributed by atoms with Crippen molar-refractivity contribution in [2.24, 2.45) is 5.92 Å². The fourth-order valence-corrected chi connectivity index (χ4v) is 6.00. The van der Waals surface area contributed by atoms with Crippen molar-refractivity contribution in [3.05, 3.63) is 52.7 Å². The molecule has 0 fully saturated rings. The molecule has 2 atom stereocenters. The largest absolute Gasteiger partial charge is 0.462 e. The maximum Gasteiger partial charge on any atom is 0.341 e. The lowest BCUT2D eigenvalue weighted by molar-refractivity contribution is -0.115. The standard InChI is InChI=1S/C23H26N4O3S2/c1-4-30-22(29)19-17-11-10-14(2)12-18(17)32-21(19)25-20(28)15(3)31-23-26-24-13-27(23)16-8-6-5-7-9-16/h5-9,13-15H,4,10-12H2,1-3H3,(H,25,28). The van der Waals surface area contributed by atoms with Crippen LogP contribution in [0.15, 0.2) is 41.8 Å². The summed E-state index contributed by atoms with van der Waals surface area (Å²) >= 11 is 2.82. The van der Waals surface area contributed by atoms with Gasteiger partial charge < -0.3 is 10.1 Å². The van der Waals surface area contributed by atoms with Gasteiger partial charge in [0, 0.05) is 10.6 Å². The molecule has 32 heavy (non-hydrogen) atoms. The average Bonchev–Trinajstić information content (AvgIpc) is 3.38. The van der Waals surface area contributed by atoms with Gasteiger partial charge in [0.25, 0.3) is 0 Å². The molecule has 0 saturated heterocycles. The second kappa shape index (κ2) is 9.87. The molecule has 0 saturated carbocycles. The Balaban J connectivity index is 1.53. The number of rotatable bonds is 7. The molecule has 7 nitrogen and oxygen atoms in total. The molecular weight excluding hydrogens is 444 g/mol. The third kappa shape index (κ3) is 4.73. The highest BCUT2D eigenvalue weighted by atomic mass is 32.2. The number of anilines is 1. The fraction of sp³-hybridized carbons (Fsp3) is 0.391. The number of hydrogen-bond acceptors (Lipinski definition) is 7. The van der Waals surface area contributed by atoms with Crippen molar-refractivity contribution in [1.82, 2.24) is 14.8 Å². The molecule has 4 rings (SSSR count). The molecule has 2 unspecified atom stereocenters. The normalized spacial score (nSPS) is 16.3. The first kappa shape index (κ1) is 22.5. The number of para-hydroxylation sites is 1. The first-order valence-electron chi connectivity index (χ1n) is 10.7. The minimum absolute atomic E-state index is 0.185. The molecule has 2 aromatic heterocycles. The summed E-state index contributed by atoms with van der Waals surface area (Å²) in [4.78, 5) is 26.9. The number of benzene rings is 1. The van der Waals surface area contributed by atoms with E-state index in [1.165, 1.54) is 28.0 Å². The van der Waals surface area contributed by atoms with Crippen LogP contribution in [0.25, 0.3) is 5.69 Å². The van der Waals surface area contributed by atoms with Gasteiger partial charge in [-0.3, -0.25) is 9.36 Å². The smallest absolute Gasteiger partial charge is 0.341 e. The Labute approximate surface area is 195 Å². The fourth-order valence-electron chi connectivity index (χ4n) is 3.75. The van der Waals surface area contributed by atoms with Crippen molar-refractivity contribution >= 4 is 40.0 Å². The minimum atomic E-state index is -0.435. The minimum Gasteiger partial charge on any atom is -0.462 e. The molecule has 1 N–H and O–H groups in total. The van der Waals surface area contributed by atoms with E-state index in [1.807, 2.05) is 41.8 Å². The summed E-state index contributed by atoms with van der Waals surface area (Å²) in [6.07, 6.45) is 4.43. The van der Waals surface area contributed by atoms with E-state index in [1.54, 1.807) is 13.3 Å². The van der Waals surface area contributed by atoms with Crippen LogP contribution in [0.1, 0.15) is 48.0 Å². The first-order valence-corrected chi connectivity index (χ1v) is 12.4. The van der Waals surface area contributed by atoms with Gasteiger partial charge in [-0.1, -0.05) is 36.9 Å². The van der Waals surface area contributed by atoms with Crippen LogP contribution in [-0.2, 0) is 22.4 Å². The predicted octanol–water partition coefficient (Wildman–Crippen LogP) is 4.75. The molecule has 1 aliphatic carbocycles. The predicted molar refractivity (Wildman–Crippen MR) is 127 cm³/mol. The number of hydrogen-bond donors (Lipinski definition) is 1. The monoisotopic (exact) mass is 470 g/mol. The maximum atomic E-state index is 13.1. The molecule has 168 valence electrons. The van der Waals surface area contributed by atoms with Crippen molar-refractivity contribution < 1.29 is 14.3 Å². The Morgan fingerprint density at radius 1 is 1.34 bits per heavy atom. The average molecular weight is 471 g/mol. The van der Waals surface area contributed by atoms with E-state index in [-0.39, 0.29) is 11.9 Å². The van der Waals surface area contributed by atoms with Gasteiger partial charge in [0.05, 0.1) is 17.4 Å². The molecule has 0 bridgehead atoms. The Bertz CT molecular complexity index is 1110. The summed E-state index contributed by atoms with van der Waals surface area (Å²) in [5.41, 5.74) is 2.49. The van der Waals surface area contributed by atoms with Crippen LogP contribution in [0, 0.1) is 5.92 Å². The van der Waals surface area contributed by atoms with Crippen molar-refractivity contribution in [2.45, 2.75) is 50.4 Å². The number of nitrogens with one attached hydrogen (secondary N) is 1. The molecule has 0 radical (unpaired) electrons. The highest BCUT2D eigenvalue weighted by Gasteiger charge is 2.30. The summed E-state index contributed by atoms with van der Waals surface area (Å²) in [6.45, 7) is 6.13. The summed E-state index contributed by atoms with van der Waals surface area (Å²) in [5, 5.41) is 12.0. The van der Waals surface area contributed by atoms with E-state index >= 15 is 0 Å². The zero-order valence-electron chi connectivity index (χ0n) is 18.3. The van der Waals surface area contributed by atoms with Gasteiger partial charge in [-0.15, -0.1) is 21.5 Å². The van der Waals surface area contributed by atoms with Crippen molar-refractivity contribution in [1.29, 1.82) is 0 Å². The summed E-state index contributed by atoms with van der Waals surface area (Å²) in [6, 6.07) is 9.74. The molecule has 3 aromatic rings. The van der Waals surface area contributed by atoms with Gasteiger partial charge in [0.15, 0.2) is 5.16 Å². The van der Waals surface area contributed by atoms with Crippen LogP contribution < -0.4 is 5.32 Å². The molecule has 0 aliphatic heterocycles. The third-order valence-electron chi connectivity index (χ3n) is 5.43. The molecular formula is C23H26N4O3S2. The zero-order chi connectivity index (χ0) is 22.7. The van der Waals surface area contributed by atoms with E-state index in [4.69, 9.17) is 4.74 Å².